The van der Waals surface area contributed by atoms with Crippen LogP contribution >= 0.6 is 11.6 Å². The van der Waals surface area contributed by atoms with Crippen molar-refractivity contribution in [2.45, 2.75) is 26.2 Å². The van der Waals surface area contributed by atoms with E-state index in [1.165, 1.54) is 0 Å². The number of unbranched alkanes of at least 4 members (excludes halogenated alkanes) is 1. The van der Waals surface area contributed by atoms with E-state index >= 15 is 0 Å². The van der Waals surface area contributed by atoms with Crippen LogP contribution in [-0.4, -0.2) is 20.3 Å². The van der Waals surface area contributed by atoms with Crippen LogP contribution in [0.3, 0.4) is 0 Å². The van der Waals surface area contributed by atoms with Crippen LogP contribution in [0.5, 0.6) is 11.5 Å². The zero-order valence-corrected chi connectivity index (χ0v) is 11.2. The average Bonchev–Trinajstić information content (AvgIpc) is 2.32. The van der Waals surface area contributed by atoms with E-state index in [1.54, 1.807) is 7.11 Å². The molecule has 0 atom stereocenters. The van der Waals surface area contributed by atoms with Crippen molar-refractivity contribution in [1.82, 2.24) is 0 Å². The molecule has 17 heavy (non-hydrogen) atoms. The fourth-order valence-corrected chi connectivity index (χ4v) is 1.94. The van der Waals surface area contributed by atoms with Crippen LogP contribution in [0.4, 0.5) is 0 Å². The van der Waals surface area contributed by atoms with Crippen LogP contribution in [0.25, 0.3) is 0 Å². The number of hydrogen-bond acceptors (Lipinski definition) is 3. The Morgan fingerprint density at radius 1 is 1.24 bits per heavy atom. The number of hydrogen-bond donors (Lipinski definition) is 1. The van der Waals surface area contributed by atoms with E-state index in [-0.39, 0.29) is 0 Å². The summed E-state index contributed by atoms with van der Waals surface area (Å²) in [4.78, 5) is 0. The maximum Gasteiger partial charge on any atom is 0.141 e. The lowest BCUT2D eigenvalue weighted by Gasteiger charge is -2.13. The summed E-state index contributed by atoms with van der Waals surface area (Å²) in [5.74, 6) is 1.50. The zero-order chi connectivity index (χ0) is 12.7. The molecule has 4 heteroatoms. The smallest absolute Gasteiger partial charge is 0.141 e. The molecule has 1 aromatic rings. The molecule has 1 aromatic carbocycles. The molecule has 96 valence electrons. The minimum Gasteiger partial charge on any atom is -0.495 e. The van der Waals surface area contributed by atoms with Gasteiger partial charge in [0.1, 0.15) is 11.5 Å². The predicted molar refractivity (Wildman–Crippen MR) is 71.2 cm³/mol. The van der Waals surface area contributed by atoms with Crippen LogP contribution in [-0.2, 0) is 6.42 Å². The number of ether oxygens (including phenoxy) is 2. The normalized spacial score (nSPS) is 10.4. The van der Waals surface area contributed by atoms with Crippen LogP contribution in [0.15, 0.2) is 12.1 Å². The third-order valence-electron chi connectivity index (χ3n) is 2.54. The summed E-state index contributed by atoms with van der Waals surface area (Å²) in [6.07, 6.45) is 2.98. The highest BCUT2D eigenvalue weighted by atomic mass is 35.5. The van der Waals surface area contributed by atoms with E-state index in [2.05, 4.69) is 0 Å². The molecule has 0 amide bonds. The predicted octanol–water partition coefficient (Wildman–Crippen LogP) is 3.03. The van der Waals surface area contributed by atoms with E-state index < -0.39 is 0 Å². The maximum atomic E-state index is 6.11. The fraction of sp³-hybridized carbons (Fsp3) is 0.538. The van der Waals surface area contributed by atoms with Gasteiger partial charge >= 0.3 is 0 Å². The van der Waals surface area contributed by atoms with Crippen molar-refractivity contribution < 1.29 is 9.47 Å². The van der Waals surface area contributed by atoms with Gasteiger partial charge in [-0.05, 0) is 44.4 Å². The summed E-state index contributed by atoms with van der Waals surface area (Å²) in [5.41, 5.74) is 6.60. The Kier molecular flexibility index (Phi) is 6.16. The van der Waals surface area contributed by atoms with Gasteiger partial charge in [0, 0.05) is 6.07 Å². The summed E-state index contributed by atoms with van der Waals surface area (Å²) in [5, 5.41) is 0.624. The van der Waals surface area contributed by atoms with Crippen molar-refractivity contribution >= 4 is 11.6 Å². The van der Waals surface area contributed by atoms with Crippen LogP contribution in [0, 0.1) is 0 Å². The third-order valence-corrected chi connectivity index (χ3v) is 2.83. The molecule has 2 N–H and O–H groups in total. The molecule has 0 fully saturated rings. The molecule has 0 spiro atoms. The highest BCUT2D eigenvalue weighted by Crippen LogP contribution is 2.33. The van der Waals surface area contributed by atoms with E-state index in [4.69, 9.17) is 26.8 Å². The van der Waals surface area contributed by atoms with Gasteiger partial charge in [-0.15, -0.1) is 0 Å². The third kappa shape index (κ3) is 4.10. The maximum absolute atomic E-state index is 6.11. The Hall–Kier alpha value is -0.930. The van der Waals surface area contributed by atoms with Crippen molar-refractivity contribution in [2.75, 3.05) is 20.3 Å². The van der Waals surface area contributed by atoms with E-state index in [0.29, 0.717) is 23.9 Å². The Balaban J connectivity index is 2.88. The van der Waals surface area contributed by atoms with Crippen LogP contribution < -0.4 is 15.2 Å². The monoisotopic (exact) mass is 257 g/mol. The first-order valence-corrected chi connectivity index (χ1v) is 6.30. The zero-order valence-electron chi connectivity index (χ0n) is 10.5. The van der Waals surface area contributed by atoms with Gasteiger partial charge in [-0.3, -0.25) is 0 Å². The van der Waals surface area contributed by atoms with Crippen molar-refractivity contribution in [3.63, 3.8) is 0 Å². The quantitative estimate of drug-likeness (QED) is 0.764. The van der Waals surface area contributed by atoms with Gasteiger partial charge in [0.25, 0.3) is 0 Å². The number of methoxy groups -OCH3 is 1. The molecule has 0 bridgehead atoms. The second-order valence-electron chi connectivity index (χ2n) is 3.77. The Labute approximate surface area is 108 Å². The van der Waals surface area contributed by atoms with Crippen LogP contribution in [0.1, 0.15) is 25.3 Å². The van der Waals surface area contributed by atoms with Crippen LogP contribution in [0.2, 0.25) is 5.02 Å². The Morgan fingerprint density at radius 3 is 2.59 bits per heavy atom. The lowest BCUT2D eigenvalue weighted by atomic mass is 10.1. The highest BCUT2D eigenvalue weighted by Gasteiger charge is 2.09. The Bertz CT molecular complexity index is 356. The first-order valence-electron chi connectivity index (χ1n) is 5.92. The fourth-order valence-electron chi connectivity index (χ4n) is 1.68. The van der Waals surface area contributed by atoms with Gasteiger partial charge in [0.15, 0.2) is 0 Å². The topological polar surface area (TPSA) is 44.5 Å². The molecule has 3 nitrogen and oxygen atoms in total. The highest BCUT2D eigenvalue weighted by molar-refractivity contribution is 6.32. The first kappa shape index (κ1) is 14.1. The van der Waals surface area contributed by atoms with E-state index in [1.807, 2.05) is 19.1 Å². The minimum atomic E-state index is 0.624. The van der Waals surface area contributed by atoms with Gasteiger partial charge in [0.2, 0.25) is 0 Å². The first-order chi connectivity index (χ1) is 8.22. The molecule has 0 unspecified atom stereocenters. The number of rotatable bonds is 7. The second kappa shape index (κ2) is 7.41. The standard InChI is InChI=1S/C13H20ClNO2/c1-3-17-12-9-13(16-2)11(14)8-10(12)6-4-5-7-15/h8-9H,3-7,15H2,1-2H3. The summed E-state index contributed by atoms with van der Waals surface area (Å²) in [6.45, 7) is 3.31. The summed E-state index contributed by atoms with van der Waals surface area (Å²) >= 11 is 6.11. The molecule has 0 aliphatic heterocycles. The molecule has 0 aliphatic rings. The molecule has 1 rings (SSSR count). The van der Waals surface area contributed by atoms with Crippen molar-refractivity contribution in [3.05, 3.63) is 22.7 Å². The van der Waals surface area contributed by atoms with Crippen molar-refractivity contribution in [2.24, 2.45) is 5.73 Å². The summed E-state index contributed by atoms with van der Waals surface area (Å²) in [7, 11) is 1.60. The number of benzene rings is 1. The van der Waals surface area contributed by atoms with Gasteiger partial charge in [-0.25, -0.2) is 0 Å². The molecular formula is C13H20ClNO2. The van der Waals surface area contributed by atoms with Crippen molar-refractivity contribution in [1.29, 1.82) is 0 Å². The molecule has 0 heterocycles. The van der Waals surface area contributed by atoms with Crippen molar-refractivity contribution in [3.8, 4) is 11.5 Å². The second-order valence-corrected chi connectivity index (χ2v) is 4.18. The number of nitrogens with two attached hydrogens (primary N) is 1. The van der Waals surface area contributed by atoms with Gasteiger partial charge < -0.3 is 15.2 Å². The Morgan fingerprint density at radius 2 is 2.00 bits per heavy atom. The van der Waals surface area contributed by atoms with Gasteiger partial charge in [0.05, 0.1) is 18.7 Å². The molecule has 0 radical (unpaired) electrons. The van der Waals surface area contributed by atoms with Gasteiger partial charge in [-0.1, -0.05) is 11.6 Å². The minimum absolute atomic E-state index is 0.624. The molecule has 0 aromatic heterocycles. The summed E-state index contributed by atoms with van der Waals surface area (Å²) < 4.78 is 10.8. The largest absolute Gasteiger partial charge is 0.495 e. The lowest BCUT2D eigenvalue weighted by Crippen LogP contribution is -2.01. The molecular weight excluding hydrogens is 238 g/mol. The average molecular weight is 258 g/mol. The summed E-state index contributed by atoms with van der Waals surface area (Å²) in [6, 6.07) is 3.77. The van der Waals surface area contributed by atoms with E-state index in [9.17, 15) is 0 Å². The SMILES string of the molecule is CCOc1cc(OC)c(Cl)cc1CCCCN. The number of aryl methyl sites for hydroxylation is 1. The molecule has 0 saturated carbocycles. The molecule has 0 saturated heterocycles. The molecule has 0 aliphatic carbocycles. The van der Waals surface area contributed by atoms with E-state index in [0.717, 1.165) is 30.6 Å². The lowest BCUT2D eigenvalue weighted by molar-refractivity contribution is 0.332. The number of halogens is 1. The van der Waals surface area contributed by atoms with Gasteiger partial charge in [-0.2, -0.15) is 0 Å².